The first-order chi connectivity index (χ1) is 12.9. The number of aliphatic hydroxyl groups is 1. The number of piperidine rings is 1. The average molecular weight is 431 g/mol. The van der Waals surface area contributed by atoms with Crippen molar-refractivity contribution in [1.29, 1.82) is 0 Å². The van der Waals surface area contributed by atoms with Crippen LogP contribution in [-0.2, 0) is 13.0 Å². The maximum Gasteiger partial charge on any atom is 0.227 e. The van der Waals surface area contributed by atoms with E-state index in [-0.39, 0.29) is 0 Å². The molecule has 27 heavy (non-hydrogen) atoms. The summed E-state index contributed by atoms with van der Waals surface area (Å²) in [6.45, 7) is 7.50. The molecule has 1 saturated heterocycles. The van der Waals surface area contributed by atoms with Gasteiger partial charge in [-0.2, -0.15) is 4.98 Å². The summed E-state index contributed by atoms with van der Waals surface area (Å²) in [5.41, 5.74) is 2.16. The Balaban J connectivity index is 1.47. The fourth-order valence-corrected chi connectivity index (χ4v) is 4.58. The van der Waals surface area contributed by atoms with Crippen molar-refractivity contribution in [3.8, 4) is 0 Å². The molecule has 0 saturated carbocycles. The predicted octanol–water partition coefficient (Wildman–Crippen LogP) is 3.79. The fourth-order valence-electron chi connectivity index (χ4n) is 4.17. The number of benzene rings is 1. The largest absolute Gasteiger partial charge is 0.390 e. The van der Waals surface area contributed by atoms with Gasteiger partial charge in [0.1, 0.15) is 5.82 Å². The summed E-state index contributed by atoms with van der Waals surface area (Å²) in [7, 11) is 0. The van der Waals surface area contributed by atoms with E-state index >= 15 is 0 Å². The number of rotatable bonds is 3. The van der Waals surface area contributed by atoms with Crippen LogP contribution in [0.4, 0.5) is 11.8 Å². The number of aromatic nitrogens is 2. The minimum absolute atomic E-state index is 0.355. The molecule has 0 amide bonds. The zero-order valence-electron chi connectivity index (χ0n) is 16.0. The Morgan fingerprint density at radius 2 is 1.85 bits per heavy atom. The molecule has 5 nitrogen and oxygen atoms in total. The molecule has 6 heteroatoms. The van der Waals surface area contributed by atoms with E-state index in [9.17, 15) is 5.11 Å². The van der Waals surface area contributed by atoms with Crippen LogP contribution in [0.1, 0.15) is 37.8 Å². The lowest BCUT2D eigenvalue weighted by Crippen LogP contribution is -2.42. The van der Waals surface area contributed by atoms with Crippen LogP contribution in [0.15, 0.2) is 34.9 Å². The molecular weight excluding hydrogens is 404 g/mol. The minimum atomic E-state index is -0.598. The molecular formula is C21H27BrN4O. The van der Waals surface area contributed by atoms with Gasteiger partial charge in [0, 0.05) is 36.8 Å². The van der Waals surface area contributed by atoms with Crippen LogP contribution in [0.3, 0.4) is 0 Å². The molecule has 1 fully saturated rings. The zero-order valence-corrected chi connectivity index (χ0v) is 17.6. The second kappa shape index (κ2) is 7.40. The normalized spacial score (nSPS) is 18.5. The molecule has 1 aromatic carbocycles. The number of nitrogens with zero attached hydrogens (tertiary/aromatic N) is 4. The van der Waals surface area contributed by atoms with Crippen LogP contribution < -0.4 is 9.80 Å². The van der Waals surface area contributed by atoms with Crippen molar-refractivity contribution in [1.82, 2.24) is 9.97 Å². The highest BCUT2D eigenvalue weighted by Crippen LogP contribution is 2.30. The molecule has 0 aliphatic carbocycles. The highest BCUT2D eigenvalue weighted by atomic mass is 79.9. The van der Waals surface area contributed by atoms with E-state index < -0.39 is 5.60 Å². The third-order valence-electron chi connectivity index (χ3n) is 5.91. The van der Waals surface area contributed by atoms with E-state index in [0.29, 0.717) is 5.92 Å². The third-order valence-corrected chi connectivity index (χ3v) is 6.40. The molecule has 2 aromatic rings. The Morgan fingerprint density at radius 1 is 1.07 bits per heavy atom. The molecule has 3 heterocycles. The van der Waals surface area contributed by atoms with E-state index in [1.807, 2.05) is 26.1 Å². The number of fused-ring (bicyclic) bond motifs is 1. The van der Waals surface area contributed by atoms with Gasteiger partial charge in [-0.05, 0) is 68.4 Å². The van der Waals surface area contributed by atoms with Crippen LogP contribution in [0.5, 0.6) is 0 Å². The maximum atomic E-state index is 10.3. The Bertz CT molecular complexity index is 812. The van der Waals surface area contributed by atoms with Gasteiger partial charge in [-0.15, -0.1) is 0 Å². The number of hydrogen-bond donors (Lipinski definition) is 1. The minimum Gasteiger partial charge on any atom is -0.390 e. The predicted molar refractivity (Wildman–Crippen MR) is 112 cm³/mol. The van der Waals surface area contributed by atoms with Crippen LogP contribution in [0.25, 0.3) is 0 Å². The Hall–Kier alpha value is -1.66. The highest BCUT2D eigenvalue weighted by molar-refractivity contribution is 9.10. The van der Waals surface area contributed by atoms with Gasteiger partial charge in [0.15, 0.2) is 0 Å². The lowest BCUT2D eigenvalue weighted by molar-refractivity contribution is 0.00646. The van der Waals surface area contributed by atoms with Gasteiger partial charge in [-0.1, -0.05) is 22.0 Å². The SMILES string of the molecule is CC(C)(O)C1CCN(c2ccnc(N3CCc4cc(Br)ccc4C3)n2)CC1. The Morgan fingerprint density at radius 3 is 2.59 bits per heavy atom. The summed E-state index contributed by atoms with van der Waals surface area (Å²) in [5.74, 6) is 2.16. The van der Waals surface area contributed by atoms with E-state index in [0.717, 1.165) is 61.7 Å². The van der Waals surface area contributed by atoms with Gasteiger partial charge in [0.25, 0.3) is 0 Å². The second-order valence-electron chi connectivity index (χ2n) is 8.21. The number of halogens is 1. The van der Waals surface area contributed by atoms with Crippen molar-refractivity contribution in [2.75, 3.05) is 29.4 Å². The van der Waals surface area contributed by atoms with Crippen molar-refractivity contribution < 1.29 is 5.11 Å². The smallest absolute Gasteiger partial charge is 0.227 e. The molecule has 4 rings (SSSR count). The molecule has 1 N–H and O–H groups in total. The van der Waals surface area contributed by atoms with Crippen LogP contribution in [0, 0.1) is 5.92 Å². The standard InChI is InChI=1S/C21H27BrN4O/c1-21(2,27)17-7-11-25(12-8-17)19-5-9-23-20(24-19)26-10-6-15-13-18(22)4-3-16(15)14-26/h3-5,9,13,17,27H,6-8,10-12,14H2,1-2H3. The van der Waals surface area contributed by atoms with E-state index in [1.165, 1.54) is 11.1 Å². The first-order valence-corrected chi connectivity index (χ1v) is 10.5. The van der Waals surface area contributed by atoms with E-state index in [1.54, 1.807) is 0 Å². The Kier molecular flexibility index (Phi) is 5.12. The highest BCUT2D eigenvalue weighted by Gasteiger charge is 2.31. The van der Waals surface area contributed by atoms with Gasteiger partial charge in [0.2, 0.25) is 5.95 Å². The molecule has 1 aromatic heterocycles. The Labute approximate surface area is 169 Å². The summed E-state index contributed by atoms with van der Waals surface area (Å²) in [6, 6.07) is 8.52. The third kappa shape index (κ3) is 4.11. The summed E-state index contributed by atoms with van der Waals surface area (Å²) in [6.07, 6.45) is 4.87. The molecule has 0 spiro atoms. The van der Waals surface area contributed by atoms with Gasteiger partial charge < -0.3 is 14.9 Å². The molecule has 0 unspecified atom stereocenters. The summed E-state index contributed by atoms with van der Waals surface area (Å²) >= 11 is 3.56. The van der Waals surface area contributed by atoms with Crippen molar-refractivity contribution in [2.24, 2.45) is 5.92 Å². The monoisotopic (exact) mass is 430 g/mol. The first kappa shape index (κ1) is 18.7. The summed E-state index contributed by atoms with van der Waals surface area (Å²) < 4.78 is 1.14. The fraction of sp³-hybridized carbons (Fsp3) is 0.524. The van der Waals surface area contributed by atoms with Gasteiger partial charge in [0.05, 0.1) is 5.60 Å². The molecule has 2 aliphatic heterocycles. The topological polar surface area (TPSA) is 52.5 Å². The summed E-state index contributed by atoms with van der Waals surface area (Å²) in [4.78, 5) is 14.0. The average Bonchev–Trinajstić information content (AvgIpc) is 2.67. The van der Waals surface area contributed by atoms with E-state index in [2.05, 4.69) is 48.9 Å². The van der Waals surface area contributed by atoms with Crippen LogP contribution in [-0.4, -0.2) is 40.3 Å². The second-order valence-corrected chi connectivity index (χ2v) is 9.13. The molecule has 144 valence electrons. The quantitative estimate of drug-likeness (QED) is 0.802. The van der Waals surface area contributed by atoms with Gasteiger partial charge in [-0.3, -0.25) is 0 Å². The number of hydrogen-bond acceptors (Lipinski definition) is 5. The van der Waals surface area contributed by atoms with Gasteiger partial charge >= 0.3 is 0 Å². The lowest BCUT2D eigenvalue weighted by atomic mass is 9.83. The van der Waals surface area contributed by atoms with Crippen molar-refractivity contribution in [3.05, 3.63) is 46.1 Å². The van der Waals surface area contributed by atoms with Crippen molar-refractivity contribution in [2.45, 2.75) is 45.3 Å². The number of anilines is 2. The first-order valence-electron chi connectivity index (χ1n) is 9.73. The zero-order chi connectivity index (χ0) is 19.0. The van der Waals surface area contributed by atoms with Crippen molar-refractivity contribution >= 4 is 27.7 Å². The molecule has 0 atom stereocenters. The molecule has 0 bridgehead atoms. The maximum absolute atomic E-state index is 10.3. The lowest BCUT2D eigenvalue weighted by Gasteiger charge is -2.38. The molecule has 2 aliphatic rings. The van der Waals surface area contributed by atoms with Crippen molar-refractivity contribution in [3.63, 3.8) is 0 Å². The summed E-state index contributed by atoms with van der Waals surface area (Å²) in [5, 5.41) is 10.3. The molecule has 0 radical (unpaired) electrons. The van der Waals surface area contributed by atoms with E-state index in [4.69, 9.17) is 4.98 Å². The van der Waals surface area contributed by atoms with Crippen LogP contribution >= 0.6 is 15.9 Å². The van der Waals surface area contributed by atoms with Crippen LogP contribution in [0.2, 0.25) is 0 Å². The van der Waals surface area contributed by atoms with Gasteiger partial charge in [-0.25, -0.2) is 4.98 Å².